The van der Waals surface area contributed by atoms with Crippen LogP contribution in [0.2, 0.25) is 0 Å². The smallest absolute Gasteiger partial charge is 0.462 e. The number of phosphoric ester groups is 1. The summed E-state index contributed by atoms with van der Waals surface area (Å²) in [5.74, 6) is -0.787. The normalized spacial score (nSPS) is 13.4. The largest absolute Gasteiger partial charge is 0.472 e. The number of phosphoric acid groups is 1. The van der Waals surface area contributed by atoms with Gasteiger partial charge in [0.15, 0.2) is 6.10 Å². The van der Waals surface area contributed by atoms with E-state index in [1.54, 1.807) is 0 Å². The Morgan fingerprint density at radius 2 is 0.902 bits per heavy atom. The highest BCUT2D eigenvalue weighted by Gasteiger charge is 2.27. The Bertz CT molecular complexity index is 837. The molecular formula is C40H83NO9P+. The van der Waals surface area contributed by atoms with Crippen LogP contribution in [0.4, 0.5) is 0 Å². The number of hydrogen-bond donors (Lipinski definition) is 1. The van der Waals surface area contributed by atoms with Gasteiger partial charge in [-0.1, -0.05) is 168 Å². The number of hydrogen-bond acceptors (Lipinski definition) is 7. The molecule has 0 aliphatic heterocycles. The molecule has 1 unspecified atom stereocenters. The Kier molecular flexibility index (Phi) is 36.7. The molecule has 10 nitrogen and oxygen atoms in total. The van der Waals surface area contributed by atoms with Gasteiger partial charge in [0.2, 0.25) is 0 Å². The van der Waals surface area contributed by atoms with Crippen molar-refractivity contribution >= 4 is 19.8 Å². The van der Waals surface area contributed by atoms with E-state index in [2.05, 4.69) is 13.8 Å². The molecule has 0 bridgehead atoms. The Morgan fingerprint density at radius 3 is 1.27 bits per heavy atom. The number of quaternary nitrogens is 1. The van der Waals surface area contributed by atoms with Crippen molar-refractivity contribution in [1.29, 1.82) is 0 Å². The topological polar surface area (TPSA) is 140 Å². The van der Waals surface area contributed by atoms with Gasteiger partial charge in [0.05, 0.1) is 27.7 Å². The molecule has 0 heterocycles. The first-order chi connectivity index (χ1) is 24.0. The van der Waals surface area contributed by atoms with Gasteiger partial charge < -0.3 is 24.3 Å². The molecule has 3 N–H and O–H groups in total. The second kappa shape index (κ2) is 36.0. The maximum absolute atomic E-state index is 12.6. The van der Waals surface area contributed by atoms with Gasteiger partial charge >= 0.3 is 19.8 Å². The first-order valence-corrected chi connectivity index (χ1v) is 22.3. The molecule has 0 aliphatic rings. The van der Waals surface area contributed by atoms with Crippen molar-refractivity contribution < 1.29 is 47.5 Å². The van der Waals surface area contributed by atoms with E-state index in [0.29, 0.717) is 17.4 Å². The number of carbonyl (C=O) groups is 2. The average Bonchev–Trinajstić information content (AvgIpc) is 3.06. The van der Waals surface area contributed by atoms with Gasteiger partial charge in [0.1, 0.15) is 19.8 Å². The monoisotopic (exact) mass is 753 g/mol. The molecule has 0 saturated carbocycles. The van der Waals surface area contributed by atoms with Crippen LogP contribution in [0.1, 0.15) is 194 Å². The van der Waals surface area contributed by atoms with Gasteiger partial charge in [-0.15, -0.1) is 0 Å². The fourth-order valence-electron chi connectivity index (χ4n) is 5.84. The van der Waals surface area contributed by atoms with Gasteiger partial charge in [0, 0.05) is 12.8 Å². The van der Waals surface area contributed by atoms with Gasteiger partial charge in [0.25, 0.3) is 0 Å². The quantitative estimate of drug-likeness (QED) is 0.0284. The summed E-state index contributed by atoms with van der Waals surface area (Å²) in [7, 11) is 1.49. The lowest BCUT2D eigenvalue weighted by molar-refractivity contribution is -0.870. The SMILES string of the molecule is CCCCCCCCCCCCCCCC(=O)OC[C@H](COP(=O)(O)OCC[N+](C)(C)C)OC(=O)CCCCCCCCCCCCCCC.O. The Morgan fingerprint density at radius 1 is 0.549 bits per heavy atom. The van der Waals surface area contributed by atoms with E-state index in [1.807, 2.05) is 21.1 Å². The standard InChI is InChI=1S/C40H80NO8P.H2O/c1-6-8-10-12-14-16-18-20-22-24-26-28-30-32-39(42)46-36-38(37-48-50(44,45)47-35-34-41(3,4)5)49-40(43)33-31-29-27-25-23-21-19-17-15-13-11-9-7-2;/h38H,6-37H2,1-5H3;1H2/p+1/t38-;/m1./s1. The third-order valence-corrected chi connectivity index (χ3v) is 10.1. The zero-order chi connectivity index (χ0) is 37.2. The van der Waals surface area contributed by atoms with Gasteiger partial charge in [-0.25, -0.2) is 4.57 Å². The fourth-order valence-corrected chi connectivity index (χ4v) is 6.58. The Balaban J connectivity index is 0. The molecule has 0 fully saturated rings. The molecule has 0 spiro atoms. The van der Waals surface area contributed by atoms with E-state index in [-0.39, 0.29) is 31.1 Å². The lowest BCUT2D eigenvalue weighted by Gasteiger charge is -2.24. The van der Waals surface area contributed by atoms with Crippen LogP contribution in [0.3, 0.4) is 0 Å². The summed E-state index contributed by atoms with van der Waals surface area (Å²) in [5.41, 5.74) is 0. The molecule has 0 aliphatic carbocycles. The van der Waals surface area contributed by atoms with Crippen LogP contribution < -0.4 is 0 Å². The summed E-state index contributed by atoms with van der Waals surface area (Å²) in [6, 6.07) is 0. The number of esters is 2. The van der Waals surface area contributed by atoms with Crippen LogP contribution >= 0.6 is 7.82 Å². The first kappa shape index (κ1) is 52.1. The Hall–Kier alpha value is -1.03. The lowest BCUT2D eigenvalue weighted by Crippen LogP contribution is -2.37. The van der Waals surface area contributed by atoms with Gasteiger partial charge in [-0.2, -0.15) is 0 Å². The molecule has 0 amide bonds. The second-order valence-corrected chi connectivity index (χ2v) is 16.8. The Labute approximate surface area is 314 Å². The van der Waals surface area contributed by atoms with Crippen molar-refractivity contribution in [3.63, 3.8) is 0 Å². The van der Waals surface area contributed by atoms with E-state index < -0.39 is 26.5 Å². The van der Waals surface area contributed by atoms with Crippen LogP contribution in [0.15, 0.2) is 0 Å². The highest BCUT2D eigenvalue weighted by molar-refractivity contribution is 7.47. The minimum atomic E-state index is -4.36. The van der Waals surface area contributed by atoms with E-state index in [9.17, 15) is 19.0 Å². The zero-order valence-electron chi connectivity index (χ0n) is 33.9. The van der Waals surface area contributed by atoms with Gasteiger partial charge in [-0.05, 0) is 12.8 Å². The highest BCUT2D eigenvalue weighted by Crippen LogP contribution is 2.43. The summed E-state index contributed by atoms with van der Waals surface area (Å²) >= 11 is 0. The summed E-state index contributed by atoms with van der Waals surface area (Å²) in [5, 5.41) is 0. The summed E-state index contributed by atoms with van der Waals surface area (Å²) in [6.45, 7) is 4.44. The molecule has 0 aromatic carbocycles. The molecule has 0 aromatic heterocycles. The van der Waals surface area contributed by atoms with E-state index in [4.69, 9.17) is 18.5 Å². The van der Waals surface area contributed by atoms with Crippen LogP contribution in [0.5, 0.6) is 0 Å². The minimum absolute atomic E-state index is 0. The van der Waals surface area contributed by atoms with E-state index >= 15 is 0 Å². The molecule has 0 saturated heterocycles. The second-order valence-electron chi connectivity index (χ2n) is 15.4. The molecular weight excluding hydrogens is 669 g/mol. The average molecular weight is 753 g/mol. The fraction of sp³-hybridized carbons (Fsp3) is 0.950. The van der Waals surface area contributed by atoms with Crippen molar-refractivity contribution in [2.75, 3.05) is 47.5 Å². The predicted molar refractivity (Wildman–Crippen MR) is 210 cm³/mol. The number of likely N-dealkylation sites (N-methyl/N-ethyl adjacent to an activating group) is 1. The lowest BCUT2D eigenvalue weighted by atomic mass is 10.0. The van der Waals surface area contributed by atoms with E-state index in [0.717, 1.165) is 38.5 Å². The van der Waals surface area contributed by atoms with Gasteiger partial charge in [-0.3, -0.25) is 18.6 Å². The van der Waals surface area contributed by atoms with Crippen molar-refractivity contribution in [3.8, 4) is 0 Å². The molecule has 11 heteroatoms. The summed E-state index contributed by atoms with van der Waals surface area (Å²) < 4.78 is 34.2. The van der Waals surface area contributed by atoms with Crippen molar-refractivity contribution in [3.05, 3.63) is 0 Å². The third-order valence-electron chi connectivity index (χ3n) is 9.14. The van der Waals surface area contributed by atoms with Crippen molar-refractivity contribution in [2.24, 2.45) is 0 Å². The van der Waals surface area contributed by atoms with E-state index in [1.165, 1.54) is 128 Å². The molecule has 51 heavy (non-hydrogen) atoms. The number of carbonyl (C=O) groups excluding carboxylic acids is 2. The number of unbranched alkanes of at least 4 members (excludes halogenated alkanes) is 24. The summed E-state index contributed by atoms with van der Waals surface area (Å²) in [4.78, 5) is 35.2. The molecule has 0 radical (unpaired) electrons. The predicted octanol–water partition coefficient (Wildman–Crippen LogP) is 10.4. The van der Waals surface area contributed by atoms with Crippen molar-refractivity contribution in [2.45, 2.75) is 200 Å². The highest BCUT2D eigenvalue weighted by atomic mass is 31.2. The molecule has 306 valence electrons. The maximum Gasteiger partial charge on any atom is 0.472 e. The van der Waals surface area contributed by atoms with Crippen LogP contribution in [0.25, 0.3) is 0 Å². The number of rotatable bonds is 38. The first-order valence-electron chi connectivity index (χ1n) is 20.8. The number of nitrogens with zero attached hydrogens (tertiary/aromatic N) is 1. The molecule has 0 rings (SSSR count). The van der Waals surface area contributed by atoms with Crippen LogP contribution in [-0.2, 0) is 32.7 Å². The molecule has 2 atom stereocenters. The zero-order valence-corrected chi connectivity index (χ0v) is 34.8. The minimum Gasteiger partial charge on any atom is -0.462 e. The van der Waals surface area contributed by atoms with Crippen molar-refractivity contribution in [1.82, 2.24) is 0 Å². The third kappa shape index (κ3) is 40.0. The molecule has 0 aromatic rings. The maximum atomic E-state index is 12.6. The van der Waals surface area contributed by atoms with Crippen LogP contribution in [-0.4, -0.2) is 80.4 Å². The number of ether oxygens (including phenoxy) is 2. The summed E-state index contributed by atoms with van der Waals surface area (Å²) in [6.07, 6.45) is 31.4. The van der Waals surface area contributed by atoms with Crippen LogP contribution in [0, 0.1) is 0 Å².